The quantitative estimate of drug-likeness (QED) is 0.685. The number of carbonyl (C=O) groups is 2. The Labute approximate surface area is 189 Å². The number of para-hydroxylation sites is 1. The summed E-state index contributed by atoms with van der Waals surface area (Å²) in [6, 6.07) is 15.8. The number of nitrogens with zero attached hydrogens (tertiary/aromatic N) is 2. The number of aliphatic imine (C=N–C) groups is 1. The molecule has 32 heavy (non-hydrogen) atoms. The Morgan fingerprint density at radius 2 is 1.91 bits per heavy atom. The zero-order chi connectivity index (χ0) is 23.1. The van der Waals surface area contributed by atoms with E-state index < -0.39 is 11.0 Å². The van der Waals surface area contributed by atoms with Crippen molar-refractivity contribution in [1.82, 2.24) is 4.90 Å². The van der Waals surface area contributed by atoms with E-state index in [1.54, 1.807) is 18.9 Å². The Kier molecular flexibility index (Phi) is 5.57. The molecule has 6 heteroatoms. The molecule has 6 nitrogen and oxygen atoms in total. The lowest BCUT2D eigenvalue weighted by molar-refractivity contribution is -0.118. The van der Waals surface area contributed by atoms with Crippen LogP contribution in [0.1, 0.15) is 45.2 Å². The van der Waals surface area contributed by atoms with Crippen molar-refractivity contribution in [2.75, 3.05) is 20.2 Å². The molecule has 1 spiro atoms. The number of methoxy groups -OCH3 is 1. The molecular formula is C26H30N2O4. The van der Waals surface area contributed by atoms with Crippen molar-refractivity contribution in [3.63, 3.8) is 0 Å². The third kappa shape index (κ3) is 3.90. The largest absolute Gasteiger partial charge is 0.497 e. The molecule has 2 unspecified atom stereocenters. The predicted octanol–water partition coefficient (Wildman–Crippen LogP) is 4.91. The summed E-state index contributed by atoms with van der Waals surface area (Å²) in [6.07, 6.45) is -0.00585. The molecule has 2 heterocycles. The number of benzene rings is 2. The summed E-state index contributed by atoms with van der Waals surface area (Å²) in [6.45, 7) is 8.03. The van der Waals surface area contributed by atoms with E-state index in [0.717, 1.165) is 28.3 Å². The van der Waals surface area contributed by atoms with Crippen LogP contribution in [-0.4, -0.2) is 48.3 Å². The monoisotopic (exact) mass is 434 g/mol. The Morgan fingerprint density at radius 3 is 2.59 bits per heavy atom. The van der Waals surface area contributed by atoms with Crippen molar-refractivity contribution in [1.29, 1.82) is 0 Å². The van der Waals surface area contributed by atoms with Crippen LogP contribution in [0.2, 0.25) is 0 Å². The van der Waals surface area contributed by atoms with Crippen LogP contribution < -0.4 is 4.74 Å². The van der Waals surface area contributed by atoms with E-state index in [1.807, 2.05) is 63.2 Å². The van der Waals surface area contributed by atoms with Crippen LogP contribution in [0.25, 0.3) is 0 Å². The predicted molar refractivity (Wildman–Crippen MR) is 124 cm³/mol. The number of Topliss-reactive ketones (excluding diaryl/α,β-unsaturated/α-hetero) is 1. The van der Waals surface area contributed by atoms with Gasteiger partial charge in [0.25, 0.3) is 0 Å². The third-order valence-corrected chi connectivity index (χ3v) is 6.15. The number of rotatable bonds is 4. The van der Waals surface area contributed by atoms with E-state index in [4.69, 9.17) is 14.5 Å². The molecule has 2 aliphatic heterocycles. The summed E-state index contributed by atoms with van der Waals surface area (Å²) >= 11 is 0. The molecule has 0 saturated carbocycles. The fraction of sp³-hybridized carbons (Fsp3) is 0.423. The Morgan fingerprint density at radius 1 is 1.16 bits per heavy atom. The zero-order valence-electron chi connectivity index (χ0n) is 19.3. The molecule has 2 aromatic rings. The SMILES string of the molecule is COc1cccc(C2=Nc3ccccc3C23CN(C(=O)OC(C)(C)C)CC3CC(C)=O)c1. The third-order valence-electron chi connectivity index (χ3n) is 6.15. The molecule has 1 fully saturated rings. The molecule has 168 valence electrons. The number of carbonyl (C=O) groups excluding carboxylic acids is 2. The molecule has 1 saturated heterocycles. The molecule has 0 radical (unpaired) electrons. The fourth-order valence-electron chi connectivity index (χ4n) is 4.93. The van der Waals surface area contributed by atoms with Gasteiger partial charge in [-0.15, -0.1) is 0 Å². The number of ether oxygens (including phenoxy) is 2. The second-order valence-electron chi connectivity index (χ2n) is 9.64. The summed E-state index contributed by atoms with van der Waals surface area (Å²) in [7, 11) is 1.64. The molecule has 1 amide bonds. The standard InChI is InChI=1S/C26H30N2O4/c1-17(29)13-19-15-28(24(30)32-25(2,3)4)16-26(19)21-11-6-7-12-22(21)27-23(26)18-9-8-10-20(14-18)31-5/h6-12,14,19H,13,15-16H2,1-5H3. The van der Waals surface area contributed by atoms with Crippen molar-refractivity contribution in [2.24, 2.45) is 10.9 Å². The number of fused-ring (bicyclic) bond motifs is 2. The van der Waals surface area contributed by atoms with Gasteiger partial charge in [-0.25, -0.2) is 4.79 Å². The van der Waals surface area contributed by atoms with Gasteiger partial charge in [0.15, 0.2) is 0 Å². The number of amides is 1. The van der Waals surface area contributed by atoms with Gasteiger partial charge < -0.3 is 19.2 Å². The van der Waals surface area contributed by atoms with Crippen molar-refractivity contribution in [3.8, 4) is 5.75 Å². The Hall–Kier alpha value is -3.15. The van der Waals surface area contributed by atoms with E-state index in [-0.39, 0.29) is 17.8 Å². The average Bonchev–Trinajstić information content (AvgIpc) is 3.26. The molecule has 0 bridgehead atoms. The lowest BCUT2D eigenvalue weighted by Crippen LogP contribution is -2.43. The smallest absolute Gasteiger partial charge is 0.410 e. The highest BCUT2D eigenvalue weighted by Gasteiger charge is 2.56. The van der Waals surface area contributed by atoms with E-state index in [9.17, 15) is 9.59 Å². The minimum Gasteiger partial charge on any atom is -0.497 e. The molecule has 0 aromatic heterocycles. The van der Waals surface area contributed by atoms with Crippen LogP contribution in [0.5, 0.6) is 5.75 Å². The van der Waals surface area contributed by atoms with E-state index in [1.165, 1.54) is 0 Å². The van der Waals surface area contributed by atoms with E-state index in [2.05, 4.69) is 6.07 Å². The minimum atomic E-state index is -0.597. The van der Waals surface area contributed by atoms with E-state index >= 15 is 0 Å². The molecule has 2 atom stereocenters. The summed E-state index contributed by atoms with van der Waals surface area (Å²) < 4.78 is 11.1. The first-order valence-electron chi connectivity index (χ1n) is 10.9. The highest BCUT2D eigenvalue weighted by Crippen LogP contribution is 2.52. The second kappa shape index (κ2) is 8.08. The first-order valence-corrected chi connectivity index (χ1v) is 10.9. The van der Waals surface area contributed by atoms with Gasteiger partial charge in [0.2, 0.25) is 0 Å². The topological polar surface area (TPSA) is 68.2 Å². The molecular weight excluding hydrogens is 404 g/mol. The first-order chi connectivity index (χ1) is 15.1. The van der Waals surface area contributed by atoms with Crippen LogP contribution in [-0.2, 0) is 14.9 Å². The first kappa shape index (κ1) is 22.1. The Balaban J connectivity index is 1.85. The van der Waals surface area contributed by atoms with Crippen LogP contribution in [0.15, 0.2) is 53.5 Å². The Bertz CT molecular complexity index is 1090. The fourth-order valence-corrected chi connectivity index (χ4v) is 4.93. The van der Waals surface area contributed by atoms with Crippen LogP contribution in [0.3, 0.4) is 0 Å². The van der Waals surface area contributed by atoms with Crippen LogP contribution in [0.4, 0.5) is 10.5 Å². The number of likely N-dealkylation sites (tertiary alicyclic amines) is 1. The summed E-state index contributed by atoms with van der Waals surface area (Å²) in [5.74, 6) is 0.720. The lowest BCUT2D eigenvalue weighted by Gasteiger charge is -2.33. The number of hydrogen-bond donors (Lipinski definition) is 0. The number of hydrogen-bond acceptors (Lipinski definition) is 5. The maximum absolute atomic E-state index is 13.0. The summed E-state index contributed by atoms with van der Waals surface area (Å²) in [4.78, 5) is 32.1. The van der Waals surface area contributed by atoms with Gasteiger partial charge in [-0.2, -0.15) is 0 Å². The van der Waals surface area contributed by atoms with Gasteiger partial charge in [0.05, 0.1) is 23.9 Å². The minimum absolute atomic E-state index is 0.0924. The van der Waals surface area contributed by atoms with Crippen molar-refractivity contribution in [3.05, 3.63) is 59.7 Å². The van der Waals surface area contributed by atoms with Crippen molar-refractivity contribution in [2.45, 2.75) is 45.1 Å². The average molecular weight is 435 g/mol. The summed E-state index contributed by atoms with van der Waals surface area (Å²) in [5.41, 5.74) is 2.54. The van der Waals surface area contributed by atoms with Crippen LogP contribution in [0, 0.1) is 5.92 Å². The van der Waals surface area contributed by atoms with Gasteiger partial charge >= 0.3 is 6.09 Å². The molecule has 2 aromatic carbocycles. The van der Waals surface area contributed by atoms with Crippen LogP contribution >= 0.6 is 0 Å². The maximum atomic E-state index is 13.0. The highest BCUT2D eigenvalue weighted by atomic mass is 16.6. The molecule has 0 aliphatic carbocycles. The molecule has 4 rings (SSSR count). The van der Waals surface area contributed by atoms with Gasteiger partial charge in [-0.1, -0.05) is 30.3 Å². The second-order valence-corrected chi connectivity index (χ2v) is 9.64. The van der Waals surface area contributed by atoms with Crippen molar-refractivity contribution < 1.29 is 19.1 Å². The molecule has 0 N–H and O–H groups in total. The highest BCUT2D eigenvalue weighted by molar-refractivity contribution is 6.14. The summed E-state index contributed by atoms with van der Waals surface area (Å²) in [5, 5.41) is 0. The van der Waals surface area contributed by atoms with Gasteiger partial charge in [0.1, 0.15) is 17.1 Å². The normalized spacial score (nSPS) is 22.0. The maximum Gasteiger partial charge on any atom is 0.410 e. The molecule has 2 aliphatic rings. The zero-order valence-corrected chi connectivity index (χ0v) is 19.3. The van der Waals surface area contributed by atoms with Gasteiger partial charge in [-0.05, 0) is 51.5 Å². The van der Waals surface area contributed by atoms with E-state index in [0.29, 0.717) is 19.5 Å². The lowest BCUT2D eigenvalue weighted by atomic mass is 9.67. The van der Waals surface area contributed by atoms with Gasteiger partial charge in [0, 0.05) is 31.0 Å². The van der Waals surface area contributed by atoms with Gasteiger partial charge in [-0.3, -0.25) is 4.99 Å². The number of ketones is 1. The van der Waals surface area contributed by atoms with Crippen molar-refractivity contribution >= 4 is 23.3 Å².